The molecule has 3 atom stereocenters. The molecular weight excluding hydrogens is 254 g/mol. The summed E-state index contributed by atoms with van der Waals surface area (Å²) >= 11 is 0. The molecule has 0 spiro atoms. The zero-order chi connectivity index (χ0) is 15.0. The third-order valence-corrected chi connectivity index (χ3v) is 4.08. The van der Waals surface area contributed by atoms with Gasteiger partial charge in [0.2, 0.25) is 0 Å². The van der Waals surface area contributed by atoms with Crippen LogP contribution in [0.3, 0.4) is 0 Å². The minimum absolute atomic E-state index is 0.102. The molecule has 1 aliphatic rings. The smallest absolute Gasteiger partial charge is 0.326 e. The van der Waals surface area contributed by atoms with Crippen LogP contribution in [-0.2, 0) is 14.3 Å². The Kier molecular flexibility index (Phi) is 7.52. The lowest BCUT2D eigenvalue weighted by Crippen LogP contribution is -2.47. The summed E-state index contributed by atoms with van der Waals surface area (Å²) in [4.78, 5) is 11.8. The molecular formula is C16H31NO3. The zero-order valence-electron chi connectivity index (χ0n) is 13.3. The summed E-state index contributed by atoms with van der Waals surface area (Å²) < 4.78 is 11.1. The van der Waals surface area contributed by atoms with Gasteiger partial charge in [0.15, 0.2) is 0 Å². The van der Waals surface area contributed by atoms with Gasteiger partial charge in [-0.15, -0.1) is 0 Å². The predicted octanol–water partition coefficient (Wildman–Crippen LogP) is 3.18. The first-order chi connectivity index (χ1) is 9.51. The van der Waals surface area contributed by atoms with Gasteiger partial charge in [-0.2, -0.15) is 0 Å². The van der Waals surface area contributed by atoms with Gasteiger partial charge in [0.1, 0.15) is 5.54 Å². The highest BCUT2D eigenvalue weighted by Crippen LogP contribution is 2.32. The lowest BCUT2D eigenvalue weighted by Gasteiger charge is -2.23. The van der Waals surface area contributed by atoms with Gasteiger partial charge in [-0.05, 0) is 33.1 Å². The second-order valence-corrected chi connectivity index (χ2v) is 6.04. The van der Waals surface area contributed by atoms with Gasteiger partial charge in [0.05, 0.1) is 18.8 Å². The molecule has 0 heterocycles. The van der Waals surface area contributed by atoms with E-state index in [1.807, 2.05) is 6.92 Å². The van der Waals surface area contributed by atoms with Crippen LogP contribution < -0.4 is 5.73 Å². The van der Waals surface area contributed by atoms with E-state index < -0.39 is 5.54 Å². The minimum Gasteiger partial charge on any atom is -0.465 e. The predicted molar refractivity (Wildman–Crippen MR) is 80.5 cm³/mol. The molecule has 2 N–H and O–H groups in total. The molecule has 1 rings (SSSR count). The monoisotopic (exact) mass is 285 g/mol. The second kappa shape index (κ2) is 8.63. The molecule has 1 aliphatic carbocycles. The van der Waals surface area contributed by atoms with Crippen molar-refractivity contribution in [1.82, 2.24) is 0 Å². The van der Waals surface area contributed by atoms with E-state index in [1.54, 1.807) is 0 Å². The molecule has 3 unspecified atom stereocenters. The molecule has 4 heteroatoms. The van der Waals surface area contributed by atoms with Crippen molar-refractivity contribution < 1.29 is 14.3 Å². The Morgan fingerprint density at radius 2 is 2.10 bits per heavy atom. The third-order valence-electron chi connectivity index (χ3n) is 4.08. The molecule has 4 nitrogen and oxygen atoms in total. The molecule has 0 aromatic heterocycles. The Labute approximate surface area is 123 Å². The fraction of sp³-hybridized carbons (Fsp3) is 0.938. The number of carbonyl (C=O) groups excluding carboxylic acids is 1. The molecule has 0 aliphatic heterocycles. The van der Waals surface area contributed by atoms with E-state index in [0.717, 1.165) is 12.8 Å². The molecule has 1 saturated carbocycles. The van der Waals surface area contributed by atoms with Gasteiger partial charge in [0.25, 0.3) is 0 Å². The van der Waals surface area contributed by atoms with Crippen molar-refractivity contribution in [2.24, 2.45) is 5.73 Å². The van der Waals surface area contributed by atoms with Crippen molar-refractivity contribution in [3.63, 3.8) is 0 Å². The van der Waals surface area contributed by atoms with Crippen LogP contribution in [0.2, 0.25) is 0 Å². The summed E-state index contributed by atoms with van der Waals surface area (Å²) in [5, 5.41) is 0. The maximum Gasteiger partial charge on any atom is 0.326 e. The van der Waals surface area contributed by atoms with E-state index in [2.05, 4.69) is 13.8 Å². The largest absolute Gasteiger partial charge is 0.465 e. The Hall–Kier alpha value is -0.610. The Morgan fingerprint density at radius 3 is 2.75 bits per heavy atom. The standard InChI is InChI=1S/C16H31NO3/c1-4-6-7-8-9-13(3)20-14-10-11-16(17,12-14)15(18)19-5-2/h13-14H,4-12,17H2,1-3H3. The number of unbranched alkanes of at least 4 members (excludes halogenated alkanes) is 3. The van der Waals surface area contributed by atoms with Crippen molar-refractivity contribution in [3.05, 3.63) is 0 Å². The number of hydrogen-bond acceptors (Lipinski definition) is 4. The van der Waals surface area contributed by atoms with Crippen molar-refractivity contribution in [2.75, 3.05) is 6.61 Å². The summed E-state index contributed by atoms with van der Waals surface area (Å²) in [6.45, 7) is 6.53. The first kappa shape index (κ1) is 17.4. The fourth-order valence-electron chi connectivity index (χ4n) is 2.86. The highest BCUT2D eigenvalue weighted by molar-refractivity contribution is 5.81. The summed E-state index contributed by atoms with van der Waals surface area (Å²) in [5.74, 6) is -0.276. The number of ether oxygens (including phenoxy) is 2. The van der Waals surface area contributed by atoms with Crippen molar-refractivity contribution in [1.29, 1.82) is 0 Å². The van der Waals surface area contributed by atoms with E-state index in [9.17, 15) is 4.79 Å². The molecule has 118 valence electrons. The second-order valence-electron chi connectivity index (χ2n) is 6.04. The molecule has 0 saturated heterocycles. The third kappa shape index (κ3) is 5.41. The summed E-state index contributed by atoms with van der Waals surface area (Å²) in [6, 6.07) is 0. The van der Waals surface area contributed by atoms with Crippen LogP contribution in [-0.4, -0.2) is 30.3 Å². The van der Waals surface area contributed by atoms with E-state index >= 15 is 0 Å². The number of hydrogen-bond donors (Lipinski definition) is 1. The minimum atomic E-state index is -0.831. The van der Waals surface area contributed by atoms with Crippen LogP contribution in [0.25, 0.3) is 0 Å². The Bertz CT molecular complexity index is 295. The van der Waals surface area contributed by atoms with Crippen molar-refractivity contribution >= 4 is 5.97 Å². The van der Waals surface area contributed by atoms with Crippen LogP contribution in [0.15, 0.2) is 0 Å². The normalized spacial score (nSPS) is 27.5. The molecule has 0 amide bonds. The maximum absolute atomic E-state index is 11.8. The van der Waals surface area contributed by atoms with Gasteiger partial charge >= 0.3 is 5.97 Å². The van der Waals surface area contributed by atoms with Crippen LogP contribution in [0.4, 0.5) is 0 Å². The first-order valence-corrected chi connectivity index (χ1v) is 8.13. The molecule has 1 fully saturated rings. The average molecular weight is 285 g/mol. The van der Waals surface area contributed by atoms with Crippen LogP contribution in [0, 0.1) is 0 Å². The van der Waals surface area contributed by atoms with E-state index in [1.165, 1.54) is 25.7 Å². The van der Waals surface area contributed by atoms with Gasteiger partial charge in [-0.3, -0.25) is 4.79 Å². The Balaban J connectivity index is 2.27. The first-order valence-electron chi connectivity index (χ1n) is 8.13. The number of nitrogens with two attached hydrogens (primary N) is 1. The summed E-state index contributed by atoms with van der Waals surface area (Å²) in [6.07, 6.45) is 8.60. The lowest BCUT2D eigenvalue weighted by atomic mass is 9.99. The number of carbonyl (C=O) groups is 1. The van der Waals surface area contributed by atoms with Gasteiger partial charge < -0.3 is 15.2 Å². The number of esters is 1. The quantitative estimate of drug-likeness (QED) is 0.522. The van der Waals surface area contributed by atoms with Gasteiger partial charge in [-0.1, -0.05) is 32.6 Å². The summed E-state index contributed by atoms with van der Waals surface area (Å²) in [5.41, 5.74) is 5.31. The zero-order valence-corrected chi connectivity index (χ0v) is 13.3. The average Bonchev–Trinajstić information content (AvgIpc) is 2.78. The fourth-order valence-corrected chi connectivity index (χ4v) is 2.86. The Morgan fingerprint density at radius 1 is 1.35 bits per heavy atom. The molecule has 0 bridgehead atoms. The highest BCUT2D eigenvalue weighted by atomic mass is 16.5. The molecule has 20 heavy (non-hydrogen) atoms. The van der Waals surface area contributed by atoms with Crippen molar-refractivity contribution in [2.45, 2.75) is 89.9 Å². The van der Waals surface area contributed by atoms with Crippen LogP contribution in [0.1, 0.15) is 72.1 Å². The maximum atomic E-state index is 11.8. The molecule has 0 aromatic carbocycles. The highest BCUT2D eigenvalue weighted by Gasteiger charge is 2.44. The van der Waals surface area contributed by atoms with Crippen LogP contribution in [0.5, 0.6) is 0 Å². The summed E-state index contributed by atoms with van der Waals surface area (Å²) in [7, 11) is 0. The molecule has 0 aromatic rings. The molecule has 0 radical (unpaired) electrons. The van der Waals surface area contributed by atoms with Crippen molar-refractivity contribution in [3.8, 4) is 0 Å². The van der Waals surface area contributed by atoms with Crippen LogP contribution >= 0.6 is 0 Å². The van der Waals surface area contributed by atoms with Gasteiger partial charge in [0, 0.05) is 6.42 Å². The lowest BCUT2D eigenvalue weighted by molar-refractivity contribution is -0.150. The topological polar surface area (TPSA) is 61.5 Å². The van der Waals surface area contributed by atoms with E-state index in [4.69, 9.17) is 15.2 Å². The van der Waals surface area contributed by atoms with Gasteiger partial charge in [-0.25, -0.2) is 0 Å². The SMILES string of the molecule is CCCCCCC(C)OC1CCC(N)(C(=O)OCC)C1. The number of rotatable bonds is 9. The van der Waals surface area contributed by atoms with E-state index in [-0.39, 0.29) is 18.2 Å². The van der Waals surface area contributed by atoms with E-state index in [0.29, 0.717) is 19.4 Å².